The summed E-state index contributed by atoms with van der Waals surface area (Å²) in [6.45, 7) is 2.66. The zero-order chi connectivity index (χ0) is 21.8. The summed E-state index contributed by atoms with van der Waals surface area (Å²) in [5.41, 5.74) is 0.996. The molecule has 31 heavy (non-hydrogen) atoms. The van der Waals surface area contributed by atoms with Crippen LogP contribution in [0, 0.1) is 0 Å². The van der Waals surface area contributed by atoms with E-state index < -0.39 is 6.10 Å². The van der Waals surface area contributed by atoms with E-state index in [-0.39, 0.29) is 19.1 Å². The van der Waals surface area contributed by atoms with Gasteiger partial charge in [0.25, 0.3) is 0 Å². The molecule has 8 nitrogen and oxygen atoms in total. The quantitative estimate of drug-likeness (QED) is 0.509. The van der Waals surface area contributed by atoms with Gasteiger partial charge in [0.15, 0.2) is 29.2 Å². The number of ketones is 1. The largest absolute Gasteiger partial charge is 0.481 e. The summed E-state index contributed by atoms with van der Waals surface area (Å²) < 4.78 is 18.2. The maximum absolute atomic E-state index is 12.6. The number of rotatable bonds is 9. The first kappa shape index (κ1) is 21.3. The number of fused-ring (bicyclic) bond motifs is 1. The van der Waals surface area contributed by atoms with Crippen molar-refractivity contribution in [2.45, 2.75) is 26.0 Å². The van der Waals surface area contributed by atoms with Gasteiger partial charge in [-0.15, -0.1) is 5.10 Å². The second-order valence-corrected chi connectivity index (χ2v) is 7.74. The molecule has 0 aliphatic carbocycles. The third-order valence-corrected chi connectivity index (χ3v) is 5.19. The lowest BCUT2D eigenvalue weighted by molar-refractivity contribution is -0.124. The van der Waals surface area contributed by atoms with Crippen LogP contribution in [0.2, 0.25) is 10.0 Å². The van der Waals surface area contributed by atoms with Crippen LogP contribution in [-0.2, 0) is 11.3 Å². The summed E-state index contributed by atoms with van der Waals surface area (Å²) in [6, 6.07) is 10.6. The molecule has 0 fully saturated rings. The lowest BCUT2D eigenvalue weighted by Gasteiger charge is -2.17. The number of anilines is 1. The molecule has 0 amide bonds. The SMILES string of the molecule is CCC(Oc1ccc(Cl)cc1Cl)C(=O)CNc1cn(Cc2ccc3c(c2)OCO3)nn1. The van der Waals surface area contributed by atoms with Gasteiger partial charge in [-0.3, -0.25) is 4.79 Å². The number of carbonyl (C=O) groups excluding carboxylic acids is 1. The highest BCUT2D eigenvalue weighted by atomic mass is 35.5. The van der Waals surface area contributed by atoms with Crippen LogP contribution in [0.1, 0.15) is 18.9 Å². The van der Waals surface area contributed by atoms with Crippen LogP contribution < -0.4 is 19.5 Å². The van der Waals surface area contributed by atoms with Gasteiger partial charge in [0.05, 0.1) is 24.3 Å². The van der Waals surface area contributed by atoms with Gasteiger partial charge in [-0.05, 0) is 42.3 Å². The number of hydrogen-bond donors (Lipinski definition) is 1. The summed E-state index contributed by atoms with van der Waals surface area (Å²) in [7, 11) is 0. The average molecular weight is 463 g/mol. The lowest BCUT2D eigenvalue weighted by atomic mass is 10.2. The van der Waals surface area contributed by atoms with E-state index in [0.717, 1.165) is 11.3 Å². The Morgan fingerprint density at radius 2 is 2.06 bits per heavy atom. The third-order valence-electron chi connectivity index (χ3n) is 4.66. The molecule has 0 saturated heterocycles. The summed E-state index contributed by atoms with van der Waals surface area (Å²) in [5, 5.41) is 12.0. The predicted octanol–water partition coefficient (Wildman–Crippen LogP) is 4.20. The number of nitrogens with zero attached hydrogens (tertiary/aromatic N) is 3. The highest BCUT2D eigenvalue weighted by Crippen LogP contribution is 2.32. The van der Waals surface area contributed by atoms with E-state index in [1.807, 2.05) is 25.1 Å². The predicted molar refractivity (Wildman–Crippen MR) is 116 cm³/mol. The minimum atomic E-state index is -0.644. The molecule has 10 heteroatoms. The van der Waals surface area contributed by atoms with Crippen LogP contribution in [0.4, 0.5) is 5.82 Å². The van der Waals surface area contributed by atoms with Crippen LogP contribution in [0.5, 0.6) is 17.2 Å². The molecule has 2 aromatic carbocycles. The standard InChI is InChI=1S/C21H20Cl2N4O4/c1-2-17(31-18-6-4-14(22)8-15(18)23)16(28)9-24-21-11-27(26-25-21)10-13-3-5-19-20(7-13)30-12-29-19/h3-8,11,17,24H,2,9-10,12H2,1H3. The maximum Gasteiger partial charge on any atom is 0.231 e. The zero-order valence-corrected chi connectivity index (χ0v) is 18.2. The fourth-order valence-corrected chi connectivity index (χ4v) is 3.53. The first-order valence-corrected chi connectivity index (χ1v) is 10.4. The Bertz CT molecular complexity index is 1090. The van der Waals surface area contributed by atoms with Crippen LogP contribution in [0.3, 0.4) is 0 Å². The van der Waals surface area contributed by atoms with Crippen LogP contribution in [0.15, 0.2) is 42.6 Å². The van der Waals surface area contributed by atoms with Crippen molar-refractivity contribution in [1.82, 2.24) is 15.0 Å². The van der Waals surface area contributed by atoms with Gasteiger partial charge < -0.3 is 19.5 Å². The summed E-state index contributed by atoms with van der Waals surface area (Å²) in [5.74, 6) is 2.23. The van der Waals surface area contributed by atoms with Gasteiger partial charge in [-0.2, -0.15) is 0 Å². The van der Waals surface area contributed by atoms with Gasteiger partial charge in [0, 0.05) is 5.02 Å². The molecule has 1 atom stereocenters. The Kier molecular flexibility index (Phi) is 6.48. The molecule has 1 aromatic heterocycles. The van der Waals surface area contributed by atoms with Crippen molar-refractivity contribution in [2.75, 3.05) is 18.7 Å². The molecule has 2 heterocycles. The molecular weight excluding hydrogens is 443 g/mol. The van der Waals surface area contributed by atoms with E-state index >= 15 is 0 Å². The third kappa shape index (κ3) is 5.21. The molecule has 162 valence electrons. The first-order chi connectivity index (χ1) is 15.0. The number of Topliss-reactive ketones (excluding diaryl/α,β-unsaturated/α-hetero) is 1. The number of hydrogen-bond acceptors (Lipinski definition) is 7. The zero-order valence-electron chi connectivity index (χ0n) is 16.7. The van der Waals surface area contributed by atoms with Crippen molar-refractivity contribution in [2.24, 2.45) is 0 Å². The Hall–Kier alpha value is -2.97. The number of carbonyl (C=O) groups is 1. The number of benzene rings is 2. The Labute approximate surface area is 189 Å². The van der Waals surface area contributed by atoms with E-state index in [9.17, 15) is 4.79 Å². The number of halogens is 2. The minimum absolute atomic E-state index is 0.0480. The van der Waals surface area contributed by atoms with Gasteiger partial charge in [0.1, 0.15) is 5.75 Å². The molecular formula is C21H20Cl2N4O4. The molecule has 3 aromatic rings. The molecule has 1 aliphatic heterocycles. The van der Waals surface area contributed by atoms with Crippen molar-refractivity contribution in [3.05, 3.63) is 58.2 Å². The second-order valence-electron chi connectivity index (χ2n) is 6.90. The second kappa shape index (κ2) is 9.45. The van der Waals surface area contributed by atoms with Crippen LogP contribution in [0.25, 0.3) is 0 Å². The first-order valence-electron chi connectivity index (χ1n) is 9.68. The maximum atomic E-state index is 12.6. The normalized spacial score (nSPS) is 13.1. The van der Waals surface area contributed by atoms with Crippen molar-refractivity contribution in [3.63, 3.8) is 0 Å². The molecule has 4 rings (SSSR count). The van der Waals surface area contributed by atoms with Gasteiger partial charge >= 0.3 is 0 Å². The number of ether oxygens (including phenoxy) is 3. The fourth-order valence-electron chi connectivity index (χ4n) is 3.08. The average Bonchev–Trinajstić information content (AvgIpc) is 3.40. The number of aromatic nitrogens is 3. The lowest BCUT2D eigenvalue weighted by Crippen LogP contribution is -2.32. The van der Waals surface area contributed by atoms with E-state index in [1.54, 1.807) is 29.1 Å². The molecule has 1 unspecified atom stereocenters. The van der Waals surface area contributed by atoms with Crippen molar-refractivity contribution in [3.8, 4) is 17.2 Å². The smallest absolute Gasteiger partial charge is 0.231 e. The molecule has 0 bridgehead atoms. The van der Waals surface area contributed by atoms with Gasteiger partial charge in [-0.25, -0.2) is 4.68 Å². The summed E-state index contributed by atoms with van der Waals surface area (Å²) >= 11 is 12.0. The minimum Gasteiger partial charge on any atom is -0.481 e. The van der Waals surface area contributed by atoms with Crippen molar-refractivity contribution in [1.29, 1.82) is 0 Å². The van der Waals surface area contributed by atoms with E-state index in [1.165, 1.54) is 0 Å². The van der Waals surface area contributed by atoms with E-state index in [2.05, 4.69) is 15.6 Å². The highest BCUT2D eigenvalue weighted by molar-refractivity contribution is 6.35. The molecule has 0 spiro atoms. The Balaban J connectivity index is 1.32. The number of nitrogens with one attached hydrogen (secondary N) is 1. The Morgan fingerprint density at radius 3 is 2.87 bits per heavy atom. The topological polar surface area (TPSA) is 87.5 Å². The van der Waals surface area contributed by atoms with Crippen molar-refractivity contribution < 1.29 is 19.0 Å². The summed E-state index contributed by atoms with van der Waals surface area (Å²) in [4.78, 5) is 12.6. The highest BCUT2D eigenvalue weighted by Gasteiger charge is 2.20. The van der Waals surface area contributed by atoms with Crippen LogP contribution >= 0.6 is 23.2 Å². The molecule has 1 aliphatic rings. The van der Waals surface area contributed by atoms with Gasteiger partial charge in [-0.1, -0.05) is 41.4 Å². The molecule has 1 N–H and O–H groups in total. The van der Waals surface area contributed by atoms with Crippen molar-refractivity contribution >= 4 is 34.8 Å². The monoisotopic (exact) mass is 462 g/mol. The molecule has 0 radical (unpaired) electrons. The molecule has 0 saturated carbocycles. The van der Waals surface area contributed by atoms with Crippen LogP contribution in [-0.4, -0.2) is 40.2 Å². The van der Waals surface area contributed by atoms with E-state index in [0.29, 0.717) is 40.3 Å². The summed E-state index contributed by atoms with van der Waals surface area (Å²) in [6.07, 6.45) is 1.58. The fraction of sp³-hybridized carbons (Fsp3) is 0.286. The van der Waals surface area contributed by atoms with E-state index in [4.69, 9.17) is 37.4 Å². The Morgan fingerprint density at radius 1 is 1.23 bits per heavy atom. The van der Waals surface area contributed by atoms with Gasteiger partial charge in [0.2, 0.25) is 6.79 Å².